The van der Waals surface area contributed by atoms with E-state index in [0.717, 1.165) is 24.1 Å². The minimum Gasteiger partial charge on any atom is -0.493 e. The Morgan fingerprint density at radius 1 is 1.00 bits per heavy atom. The number of methoxy groups -OCH3 is 1. The minimum atomic E-state index is -0.628. The van der Waals surface area contributed by atoms with Crippen LogP contribution in [0.3, 0.4) is 0 Å². The van der Waals surface area contributed by atoms with Gasteiger partial charge in [-0.05, 0) is 68.5 Å². The Balaban J connectivity index is 1.56. The predicted octanol–water partition coefficient (Wildman–Crippen LogP) is 5.53. The first-order valence-corrected chi connectivity index (χ1v) is 12.8. The number of hydrogen-bond donors (Lipinski definition) is 0. The standard InChI is InChI=1S/C30H29ClN2O5/c1-32(2)14-7-15-33-27(26-28(34)22-17-21(31)11-13-23(22)38-29(26)30(33)35)20-10-12-24(25(16-20)36-3)37-18-19-8-5-4-6-9-19/h4-6,8-13,16-17,27H,7,14-15,18H2,1-3H3. The molecule has 0 bridgehead atoms. The van der Waals surface area contributed by atoms with Gasteiger partial charge in [-0.3, -0.25) is 9.59 Å². The largest absolute Gasteiger partial charge is 0.493 e. The van der Waals surface area contributed by atoms with Gasteiger partial charge in [-0.2, -0.15) is 0 Å². The van der Waals surface area contributed by atoms with Gasteiger partial charge in [0.25, 0.3) is 5.91 Å². The summed E-state index contributed by atoms with van der Waals surface area (Å²) in [6.45, 7) is 1.63. The SMILES string of the molecule is COc1cc(C2c3c(oc4ccc(Cl)cc4c3=O)C(=O)N2CCCN(C)C)ccc1OCc1ccccc1. The number of benzene rings is 3. The lowest BCUT2D eigenvalue weighted by Crippen LogP contribution is -2.32. The fraction of sp³-hybridized carbons (Fsp3) is 0.267. The maximum Gasteiger partial charge on any atom is 0.290 e. The highest BCUT2D eigenvalue weighted by Gasteiger charge is 2.42. The van der Waals surface area contributed by atoms with Gasteiger partial charge in [0.05, 0.1) is 24.1 Å². The van der Waals surface area contributed by atoms with Crippen molar-refractivity contribution >= 4 is 28.5 Å². The Morgan fingerprint density at radius 2 is 1.79 bits per heavy atom. The number of amides is 1. The fourth-order valence-corrected chi connectivity index (χ4v) is 5.01. The van der Waals surface area contributed by atoms with Crippen LogP contribution in [-0.4, -0.2) is 50.0 Å². The summed E-state index contributed by atoms with van der Waals surface area (Å²) >= 11 is 6.19. The highest BCUT2D eigenvalue weighted by molar-refractivity contribution is 6.31. The molecule has 0 spiro atoms. The summed E-state index contributed by atoms with van der Waals surface area (Å²) in [5, 5.41) is 0.772. The number of nitrogens with zero attached hydrogens (tertiary/aromatic N) is 2. The van der Waals surface area contributed by atoms with Crippen molar-refractivity contribution in [1.82, 2.24) is 9.80 Å². The quantitative estimate of drug-likeness (QED) is 0.282. The second kappa shape index (κ2) is 10.9. The van der Waals surface area contributed by atoms with Crippen LogP contribution in [0.4, 0.5) is 0 Å². The molecule has 1 unspecified atom stereocenters. The maximum atomic E-state index is 13.7. The average molecular weight is 533 g/mol. The molecule has 1 aromatic heterocycles. The number of carbonyl (C=O) groups excluding carboxylic acids is 1. The molecule has 0 fully saturated rings. The number of carbonyl (C=O) groups is 1. The second-order valence-corrected chi connectivity index (χ2v) is 9.99. The zero-order valence-electron chi connectivity index (χ0n) is 21.6. The zero-order chi connectivity index (χ0) is 26.8. The molecule has 0 saturated carbocycles. The van der Waals surface area contributed by atoms with Crippen LogP contribution in [0.2, 0.25) is 5.02 Å². The molecule has 0 N–H and O–H groups in total. The number of ether oxygens (including phenoxy) is 2. The third kappa shape index (κ3) is 4.99. The molecule has 196 valence electrons. The molecular formula is C30H29ClN2O5. The average Bonchev–Trinajstić information content (AvgIpc) is 3.19. The molecule has 1 aliphatic rings. The van der Waals surface area contributed by atoms with Gasteiger partial charge in [0.2, 0.25) is 5.76 Å². The van der Waals surface area contributed by atoms with E-state index < -0.39 is 6.04 Å². The van der Waals surface area contributed by atoms with E-state index in [4.69, 9.17) is 25.5 Å². The number of halogens is 1. The van der Waals surface area contributed by atoms with Crippen LogP contribution >= 0.6 is 11.6 Å². The van der Waals surface area contributed by atoms with Crippen LogP contribution < -0.4 is 14.9 Å². The third-order valence-electron chi connectivity index (χ3n) is 6.67. The molecule has 5 rings (SSSR count). The summed E-state index contributed by atoms with van der Waals surface area (Å²) in [7, 11) is 5.54. The Morgan fingerprint density at radius 3 is 2.53 bits per heavy atom. The lowest BCUT2D eigenvalue weighted by atomic mass is 9.98. The topological polar surface area (TPSA) is 72.2 Å². The van der Waals surface area contributed by atoms with Gasteiger partial charge in [-0.25, -0.2) is 0 Å². The molecule has 7 nitrogen and oxygen atoms in total. The predicted molar refractivity (Wildman–Crippen MR) is 147 cm³/mol. The molecule has 0 radical (unpaired) electrons. The minimum absolute atomic E-state index is 0.0723. The Bertz CT molecular complexity index is 1530. The Kier molecular flexibility index (Phi) is 7.40. The molecule has 0 aliphatic carbocycles. The van der Waals surface area contributed by atoms with Crippen molar-refractivity contribution in [2.45, 2.75) is 19.1 Å². The first kappa shape index (κ1) is 25.8. The number of fused-ring (bicyclic) bond motifs is 2. The normalized spacial score (nSPS) is 14.8. The first-order chi connectivity index (χ1) is 18.4. The van der Waals surface area contributed by atoms with Gasteiger partial charge in [0.1, 0.15) is 12.2 Å². The van der Waals surface area contributed by atoms with Crippen molar-refractivity contribution in [2.75, 3.05) is 34.3 Å². The van der Waals surface area contributed by atoms with E-state index in [2.05, 4.69) is 4.90 Å². The molecule has 8 heteroatoms. The molecule has 2 heterocycles. The van der Waals surface area contributed by atoms with E-state index >= 15 is 0 Å². The van der Waals surface area contributed by atoms with Crippen molar-refractivity contribution in [3.05, 3.63) is 104 Å². The van der Waals surface area contributed by atoms with Gasteiger partial charge >= 0.3 is 0 Å². The molecule has 38 heavy (non-hydrogen) atoms. The summed E-state index contributed by atoms with van der Waals surface area (Å²) in [5.41, 5.74) is 2.15. The van der Waals surface area contributed by atoms with Crippen molar-refractivity contribution in [3.63, 3.8) is 0 Å². The maximum absolute atomic E-state index is 13.7. The van der Waals surface area contributed by atoms with Crippen LogP contribution in [-0.2, 0) is 6.61 Å². The second-order valence-electron chi connectivity index (χ2n) is 9.56. The van der Waals surface area contributed by atoms with Gasteiger partial charge in [-0.1, -0.05) is 48.0 Å². The molecule has 4 aromatic rings. The summed E-state index contributed by atoms with van der Waals surface area (Å²) in [5.74, 6) is 0.853. The van der Waals surface area contributed by atoms with Crippen molar-refractivity contribution in [2.24, 2.45) is 0 Å². The summed E-state index contributed by atoms with van der Waals surface area (Å²) in [6, 6.07) is 19.6. The number of rotatable bonds is 9. The fourth-order valence-electron chi connectivity index (χ4n) is 4.84. The lowest BCUT2D eigenvalue weighted by molar-refractivity contribution is 0.0722. The van der Waals surface area contributed by atoms with E-state index in [1.54, 1.807) is 30.2 Å². The Labute approximate surface area is 226 Å². The first-order valence-electron chi connectivity index (χ1n) is 12.4. The van der Waals surface area contributed by atoms with Crippen LogP contribution in [0.25, 0.3) is 11.0 Å². The molecule has 1 amide bonds. The monoisotopic (exact) mass is 532 g/mol. The van der Waals surface area contributed by atoms with Crippen molar-refractivity contribution < 1.29 is 18.7 Å². The molecule has 1 atom stereocenters. The van der Waals surface area contributed by atoms with Crippen LogP contribution in [0, 0.1) is 0 Å². The Hall–Kier alpha value is -3.81. The summed E-state index contributed by atoms with van der Waals surface area (Å²) in [6.07, 6.45) is 0.734. The van der Waals surface area contributed by atoms with Gasteiger partial charge in [0, 0.05) is 11.6 Å². The van der Waals surface area contributed by atoms with Gasteiger partial charge in [-0.15, -0.1) is 0 Å². The highest BCUT2D eigenvalue weighted by Crippen LogP contribution is 2.41. The van der Waals surface area contributed by atoms with E-state index in [1.165, 1.54) is 0 Å². The summed E-state index contributed by atoms with van der Waals surface area (Å²) in [4.78, 5) is 31.1. The highest BCUT2D eigenvalue weighted by atomic mass is 35.5. The third-order valence-corrected chi connectivity index (χ3v) is 6.91. The smallest absolute Gasteiger partial charge is 0.290 e. The molecule has 1 aliphatic heterocycles. The number of hydrogen-bond acceptors (Lipinski definition) is 6. The summed E-state index contributed by atoms with van der Waals surface area (Å²) < 4.78 is 17.7. The van der Waals surface area contributed by atoms with Gasteiger partial charge in [0.15, 0.2) is 16.9 Å². The van der Waals surface area contributed by atoms with E-state index in [9.17, 15) is 9.59 Å². The van der Waals surface area contributed by atoms with Gasteiger partial charge < -0.3 is 23.7 Å². The van der Waals surface area contributed by atoms with E-state index in [1.807, 2.05) is 62.6 Å². The molecular weight excluding hydrogens is 504 g/mol. The zero-order valence-corrected chi connectivity index (χ0v) is 22.3. The molecule has 3 aromatic carbocycles. The van der Waals surface area contributed by atoms with E-state index in [0.29, 0.717) is 46.2 Å². The van der Waals surface area contributed by atoms with Crippen LogP contribution in [0.5, 0.6) is 11.5 Å². The molecule has 0 saturated heterocycles. The van der Waals surface area contributed by atoms with Crippen molar-refractivity contribution in [3.8, 4) is 11.5 Å². The van der Waals surface area contributed by atoms with E-state index in [-0.39, 0.29) is 17.1 Å². The van der Waals surface area contributed by atoms with Crippen molar-refractivity contribution in [1.29, 1.82) is 0 Å². The van der Waals surface area contributed by atoms with Crippen LogP contribution in [0.15, 0.2) is 75.9 Å². The van der Waals surface area contributed by atoms with Crippen LogP contribution in [0.1, 0.15) is 39.7 Å². The lowest BCUT2D eigenvalue weighted by Gasteiger charge is -2.26.